The zero-order valence-corrected chi connectivity index (χ0v) is 28.1. The average molecular weight is 619 g/mol. The number of esters is 1. The Morgan fingerprint density at radius 3 is 1.76 bits per heavy atom. The lowest BCUT2D eigenvalue weighted by Crippen LogP contribution is -2.60. The fourth-order valence-electron chi connectivity index (χ4n) is 3.23. The van der Waals surface area contributed by atoms with Gasteiger partial charge in [-0.25, -0.2) is 19.8 Å². The summed E-state index contributed by atoms with van der Waals surface area (Å²) >= 11 is 0.711. The highest BCUT2D eigenvalue weighted by Gasteiger charge is 2.33. The summed E-state index contributed by atoms with van der Waals surface area (Å²) in [7, 11) is 0. The quantitative estimate of drug-likeness (QED) is 0.0467. The van der Waals surface area contributed by atoms with Gasteiger partial charge in [0.05, 0.1) is 6.61 Å². The number of hydrogen-bond acceptors (Lipinski definition) is 11. The highest BCUT2D eigenvalue weighted by atomic mass is 32.2. The van der Waals surface area contributed by atoms with Crippen LogP contribution in [0.3, 0.4) is 0 Å². The molecular weight excluding hydrogens is 564 g/mol. The molecule has 3 N–H and O–H groups in total. The van der Waals surface area contributed by atoms with Crippen LogP contribution in [-0.2, 0) is 23.7 Å². The van der Waals surface area contributed by atoms with Crippen molar-refractivity contribution in [2.45, 2.75) is 143 Å². The van der Waals surface area contributed by atoms with E-state index in [-0.39, 0.29) is 12.4 Å². The Labute approximate surface area is 256 Å². The summed E-state index contributed by atoms with van der Waals surface area (Å²) in [6.45, 7) is 17.3. The van der Waals surface area contributed by atoms with Crippen LogP contribution in [0.25, 0.3) is 0 Å². The van der Waals surface area contributed by atoms with Crippen molar-refractivity contribution in [2.24, 2.45) is 0 Å². The van der Waals surface area contributed by atoms with Crippen molar-refractivity contribution >= 4 is 41.2 Å². The van der Waals surface area contributed by atoms with E-state index in [1.807, 2.05) is 0 Å². The molecule has 0 rings (SSSR count). The summed E-state index contributed by atoms with van der Waals surface area (Å²) in [4.78, 5) is 50.8. The van der Waals surface area contributed by atoms with E-state index in [0.29, 0.717) is 23.2 Å². The van der Waals surface area contributed by atoms with Crippen LogP contribution >= 0.6 is 11.8 Å². The first-order chi connectivity index (χ1) is 19.2. The molecule has 0 aliphatic rings. The highest BCUT2D eigenvalue weighted by molar-refractivity contribution is 8.13. The average Bonchev–Trinajstić information content (AvgIpc) is 2.79. The van der Waals surface area contributed by atoms with Gasteiger partial charge >= 0.3 is 23.5 Å². The molecule has 42 heavy (non-hydrogen) atoms. The number of rotatable bonds is 14. The second-order valence-corrected chi connectivity index (χ2v) is 13.8. The standard InChI is InChI=1S/C29H54N4O8S/c1-11-12-13-14-15-16-17-18-19-38-22(34)21(20-42-26(37)41-29(8,9)10)32-33(25(36)40-28(5,6)7)23(30)31-24(35)39-27(2,3)4/h21,32H,11-20H2,1-10H3,(H2,30,31,35)/t21-/m0/s1. The number of guanidine groups is 1. The highest BCUT2D eigenvalue weighted by Crippen LogP contribution is 2.17. The molecule has 0 heterocycles. The molecule has 0 radical (unpaired) electrons. The molecule has 0 aliphatic carbocycles. The summed E-state index contributed by atoms with van der Waals surface area (Å²) < 4.78 is 21.3. The molecule has 0 aromatic carbocycles. The summed E-state index contributed by atoms with van der Waals surface area (Å²) in [5.41, 5.74) is 0.0420. The number of alkyl carbamates (subject to hydrolysis) is 1. The smallest absolute Gasteiger partial charge is 0.432 e. The van der Waals surface area contributed by atoms with E-state index in [1.165, 1.54) is 25.7 Å². The number of nitrogens with one attached hydrogen (secondary N) is 3. The van der Waals surface area contributed by atoms with Crippen molar-refractivity contribution in [2.75, 3.05) is 12.4 Å². The lowest BCUT2D eigenvalue weighted by atomic mass is 10.1. The van der Waals surface area contributed by atoms with Gasteiger partial charge in [-0.2, -0.15) is 5.01 Å². The molecule has 13 heteroatoms. The van der Waals surface area contributed by atoms with E-state index in [4.69, 9.17) is 24.4 Å². The van der Waals surface area contributed by atoms with Gasteiger partial charge in [0.2, 0.25) is 5.96 Å². The van der Waals surface area contributed by atoms with E-state index >= 15 is 0 Å². The van der Waals surface area contributed by atoms with E-state index < -0.39 is 52.3 Å². The molecule has 0 saturated carbocycles. The Bertz CT molecular complexity index is 878. The van der Waals surface area contributed by atoms with Gasteiger partial charge < -0.3 is 18.9 Å². The third kappa shape index (κ3) is 21.2. The fourth-order valence-corrected chi connectivity index (χ4v) is 4.05. The predicted octanol–water partition coefficient (Wildman–Crippen LogP) is 6.91. The zero-order valence-electron chi connectivity index (χ0n) is 27.3. The molecule has 2 amide bonds. The summed E-state index contributed by atoms with van der Waals surface area (Å²) in [5.74, 6) is -1.68. The fraction of sp³-hybridized carbons (Fsp3) is 0.828. The number of hydrazine groups is 1. The third-order valence-electron chi connectivity index (χ3n) is 4.99. The van der Waals surface area contributed by atoms with Gasteiger partial charge in [-0.05, 0) is 80.5 Å². The molecule has 0 aromatic heterocycles. The van der Waals surface area contributed by atoms with Crippen LogP contribution in [0.2, 0.25) is 0 Å². The van der Waals surface area contributed by atoms with Gasteiger partial charge in [0.15, 0.2) is 0 Å². The van der Waals surface area contributed by atoms with Gasteiger partial charge in [0.1, 0.15) is 22.8 Å². The SMILES string of the molecule is CCCCCCCCCCOC(=O)[C@H](CSC(=O)OC(C)(C)C)NN(C(=N)NC(=O)OC(C)(C)C)C(=O)OC(C)(C)C. The number of thioether (sulfide) groups is 1. The second kappa shape index (κ2) is 18.9. The molecule has 0 unspecified atom stereocenters. The first-order valence-corrected chi connectivity index (χ1v) is 15.6. The van der Waals surface area contributed by atoms with Crippen LogP contribution in [0.5, 0.6) is 0 Å². The van der Waals surface area contributed by atoms with E-state index in [9.17, 15) is 19.2 Å². The van der Waals surface area contributed by atoms with Crippen molar-refractivity contribution in [1.82, 2.24) is 15.8 Å². The van der Waals surface area contributed by atoms with Crippen LogP contribution in [0.15, 0.2) is 0 Å². The van der Waals surface area contributed by atoms with E-state index in [0.717, 1.165) is 19.3 Å². The van der Waals surface area contributed by atoms with E-state index in [2.05, 4.69) is 17.7 Å². The van der Waals surface area contributed by atoms with Gasteiger partial charge in [-0.15, -0.1) is 0 Å². The third-order valence-corrected chi connectivity index (χ3v) is 5.81. The lowest BCUT2D eigenvalue weighted by molar-refractivity contribution is -0.146. The predicted molar refractivity (Wildman–Crippen MR) is 164 cm³/mol. The maximum absolute atomic E-state index is 13.1. The maximum atomic E-state index is 13.1. The number of hydrogen-bond donors (Lipinski definition) is 3. The minimum absolute atomic E-state index is 0.156. The monoisotopic (exact) mass is 618 g/mol. The van der Waals surface area contributed by atoms with Crippen LogP contribution in [0.1, 0.15) is 121 Å². The number of unbranched alkanes of at least 4 members (excludes halogenated alkanes) is 7. The lowest BCUT2D eigenvalue weighted by Gasteiger charge is -2.30. The Balaban J connectivity index is 5.61. The first kappa shape index (κ1) is 39.5. The molecule has 0 bridgehead atoms. The molecular formula is C29H54N4O8S. The van der Waals surface area contributed by atoms with Gasteiger partial charge in [-0.1, -0.05) is 51.9 Å². The van der Waals surface area contributed by atoms with Crippen molar-refractivity contribution in [3.05, 3.63) is 0 Å². The molecule has 12 nitrogen and oxygen atoms in total. The first-order valence-electron chi connectivity index (χ1n) is 14.6. The number of amides is 2. The number of carbonyl (C=O) groups is 4. The van der Waals surface area contributed by atoms with E-state index in [1.54, 1.807) is 62.3 Å². The van der Waals surface area contributed by atoms with Gasteiger partial charge in [0.25, 0.3) is 0 Å². The minimum Gasteiger partial charge on any atom is -0.464 e. The molecule has 0 saturated heterocycles. The van der Waals surface area contributed by atoms with Crippen LogP contribution in [0.4, 0.5) is 14.4 Å². The van der Waals surface area contributed by atoms with Crippen molar-refractivity contribution in [3.63, 3.8) is 0 Å². The Morgan fingerprint density at radius 2 is 1.26 bits per heavy atom. The molecule has 0 aliphatic heterocycles. The molecule has 0 aromatic rings. The number of ether oxygens (including phenoxy) is 4. The van der Waals surface area contributed by atoms with Crippen LogP contribution in [0, 0.1) is 5.41 Å². The largest absolute Gasteiger partial charge is 0.464 e. The van der Waals surface area contributed by atoms with Crippen molar-refractivity contribution in [3.8, 4) is 0 Å². The Morgan fingerprint density at radius 1 is 0.762 bits per heavy atom. The maximum Gasteiger partial charge on any atom is 0.432 e. The second-order valence-electron chi connectivity index (χ2n) is 12.9. The number of nitrogens with zero attached hydrogens (tertiary/aromatic N) is 1. The Kier molecular flexibility index (Phi) is 17.7. The van der Waals surface area contributed by atoms with Crippen molar-refractivity contribution < 1.29 is 38.1 Å². The normalized spacial score (nSPS) is 12.6. The topological polar surface area (TPSA) is 156 Å². The molecule has 244 valence electrons. The minimum atomic E-state index is -1.27. The van der Waals surface area contributed by atoms with Gasteiger partial charge in [0, 0.05) is 5.75 Å². The zero-order chi connectivity index (χ0) is 32.6. The molecule has 0 fully saturated rings. The number of carbonyl (C=O) groups excluding carboxylic acids is 4. The molecule has 1 atom stereocenters. The summed E-state index contributed by atoms with van der Waals surface area (Å²) in [6.07, 6.45) is 6.52. The van der Waals surface area contributed by atoms with Gasteiger partial charge in [-0.3, -0.25) is 15.5 Å². The molecule has 0 spiro atoms. The van der Waals surface area contributed by atoms with Crippen LogP contribution < -0.4 is 10.7 Å². The van der Waals surface area contributed by atoms with Crippen LogP contribution in [-0.4, -0.2) is 69.6 Å². The Hall–Kier alpha value is -2.54. The van der Waals surface area contributed by atoms with Crippen molar-refractivity contribution in [1.29, 1.82) is 5.41 Å². The summed E-state index contributed by atoms with van der Waals surface area (Å²) in [5, 5.41) is 10.5. The summed E-state index contributed by atoms with van der Waals surface area (Å²) in [6, 6.07) is -1.27.